The molecule has 0 radical (unpaired) electrons. The molecule has 0 rings (SSSR count). The van der Waals surface area contributed by atoms with Crippen molar-refractivity contribution >= 4 is 24.2 Å². The van der Waals surface area contributed by atoms with E-state index in [1.165, 1.54) is 6.92 Å². The highest BCUT2D eigenvalue weighted by Gasteiger charge is 2.19. The quantitative estimate of drug-likeness (QED) is 0.226. The molecule has 0 amide bonds. The zero-order valence-corrected chi connectivity index (χ0v) is 6.23. The van der Waals surface area contributed by atoms with Gasteiger partial charge in [0.25, 0.3) is 0 Å². The Morgan fingerprint density at radius 2 is 1.83 bits per heavy atom. The van der Waals surface area contributed by atoms with Crippen LogP contribution in [0.3, 0.4) is 0 Å². The number of esters is 3. The summed E-state index contributed by atoms with van der Waals surface area (Å²) in [5.41, 5.74) is 0. The molecule has 0 fully saturated rings. The summed E-state index contributed by atoms with van der Waals surface area (Å²) < 4.78 is 7.86. The number of carbonyl (C=O) groups is 4. The maximum absolute atomic E-state index is 10.4. The first-order valence-electron chi connectivity index (χ1n) is 2.99. The molecule has 0 aromatic carbocycles. The molecule has 0 aliphatic carbocycles. The third-order valence-electron chi connectivity index (χ3n) is 0.732. The molecular formula is C6H6O6. The molecule has 0 heterocycles. The molecule has 0 unspecified atom stereocenters. The van der Waals surface area contributed by atoms with Crippen molar-refractivity contribution in [1.82, 2.24) is 0 Å². The molecule has 0 saturated carbocycles. The van der Waals surface area contributed by atoms with Gasteiger partial charge in [0.05, 0.1) is 6.61 Å². The molecule has 0 aliphatic rings. The summed E-state index contributed by atoms with van der Waals surface area (Å²) in [4.78, 5) is 40.6. The van der Waals surface area contributed by atoms with Crippen molar-refractivity contribution in [2.75, 3.05) is 6.61 Å². The molecule has 6 heteroatoms. The van der Waals surface area contributed by atoms with Crippen molar-refractivity contribution in [3.63, 3.8) is 0 Å². The fraction of sp³-hybridized carbons (Fsp3) is 0.333. The average Bonchev–Trinajstić information content (AvgIpc) is 2.04. The largest absolute Gasteiger partial charge is 0.458 e. The van der Waals surface area contributed by atoms with Crippen LogP contribution >= 0.6 is 0 Å². The minimum absolute atomic E-state index is 0.0107. The highest BCUT2D eigenvalue weighted by Crippen LogP contribution is 1.84. The standard InChI is InChI=1S/C6H6O6/c1-2-11-5(9)6(10)12-4(8)3-7/h3H,2H2,1H3. The number of rotatable bonds is 2. The van der Waals surface area contributed by atoms with Crippen molar-refractivity contribution in [3.05, 3.63) is 0 Å². The van der Waals surface area contributed by atoms with Crippen LogP contribution in [0.5, 0.6) is 0 Å². The maximum atomic E-state index is 10.4. The fourth-order valence-corrected chi connectivity index (χ4v) is 0.347. The van der Waals surface area contributed by atoms with Crippen LogP contribution in [0.25, 0.3) is 0 Å². The average molecular weight is 174 g/mol. The lowest BCUT2D eigenvalue weighted by Gasteiger charge is -1.97. The number of hydrogen-bond acceptors (Lipinski definition) is 6. The van der Waals surface area contributed by atoms with Crippen LogP contribution in [-0.4, -0.2) is 30.8 Å². The Balaban J connectivity index is 3.95. The highest BCUT2D eigenvalue weighted by molar-refractivity contribution is 6.35. The second kappa shape index (κ2) is 5.00. The Hall–Kier alpha value is -1.72. The Labute approximate surface area is 67.4 Å². The summed E-state index contributed by atoms with van der Waals surface area (Å²) in [5.74, 6) is -4.21. The second-order valence-electron chi connectivity index (χ2n) is 1.55. The van der Waals surface area contributed by atoms with Gasteiger partial charge in [0.2, 0.25) is 6.29 Å². The lowest BCUT2D eigenvalue weighted by molar-refractivity contribution is -0.173. The molecule has 0 atom stereocenters. The van der Waals surface area contributed by atoms with Gasteiger partial charge in [0.15, 0.2) is 0 Å². The number of hydrogen-bond donors (Lipinski definition) is 0. The summed E-state index contributed by atoms with van der Waals surface area (Å²) in [6, 6.07) is 0. The first-order chi connectivity index (χ1) is 5.61. The van der Waals surface area contributed by atoms with E-state index in [9.17, 15) is 19.2 Å². The van der Waals surface area contributed by atoms with E-state index in [-0.39, 0.29) is 12.9 Å². The molecule has 0 saturated heterocycles. The molecule has 0 bridgehead atoms. The van der Waals surface area contributed by atoms with Gasteiger partial charge in [-0.15, -0.1) is 0 Å². The van der Waals surface area contributed by atoms with Gasteiger partial charge in [-0.25, -0.2) is 14.4 Å². The third-order valence-corrected chi connectivity index (χ3v) is 0.732. The Kier molecular flexibility index (Phi) is 4.28. The minimum atomic E-state index is -1.49. The Morgan fingerprint density at radius 3 is 2.25 bits per heavy atom. The van der Waals surface area contributed by atoms with E-state index in [0.29, 0.717) is 0 Å². The van der Waals surface area contributed by atoms with Crippen LogP contribution in [0.4, 0.5) is 0 Å². The smallest absolute Gasteiger partial charge is 0.425 e. The van der Waals surface area contributed by atoms with Gasteiger partial charge < -0.3 is 9.47 Å². The lowest BCUT2D eigenvalue weighted by Crippen LogP contribution is -2.23. The molecule has 0 aromatic heterocycles. The summed E-state index contributed by atoms with van der Waals surface area (Å²) >= 11 is 0. The molecule has 0 spiro atoms. The third kappa shape index (κ3) is 3.45. The van der Waals surface area contributed by atoms with Gasteiger partial charge in [-0.05, 0) is 6.92 Å². The summed E-state index contributed by atoms with van der Waals surface area (Å²) in [7, 11) is 0. The zero-order chi connectivity index (χ0) is 9.56. The van der Waals surface area contributed by atoms with Crippen molar-refractivity contribution in [3.8, 4) is 0 Å². The van der Waals surface area contributed by atoms with E-state index in [1.807, 2.05) is 0 Å². The van der Waals surface area contributed by atoms with Crippen LogP contribution in [0.1, 0.15) is 6.92 Å². The second-order valence-corrected chi connectivity index (χ2v) is 1.55. The number of aldehydes is 1. The van der Waals surface area contributed by atoms with E-state index in [2.05, 4.69) is 9.47 Å². The predicted octanol–water partition coefficient (Wildman–Crippen LogP) is -1.18. The topological polar surface area (TPSA) is 86.7 Å². The predicted molar refractivity (Wildman–Crippen MR) is 33.8 cm³/mol. The Morgan fingerprint density at radius 1 is 1.25 bits per heavy atom. The number of carbonyl (C=O) groups excluding carboxylic acids is 4. The van der Waals surface area contributed by atoms with E-state index in [4.69, 9.17) is 0 Å². The maximum Gasteiger partial charge on any atom is 0.425 e. The molecule has 6 nitrogen and oxygen atoms in total. The molecule has 0 aromatic rings. The van der Waals surface area contributed by atoms with Gasteiger partial charge in [-0.3, -0.25) is 4.79 Å². The molecular weight excluding hydrogens is 168 g/mol. The zero-order valence-electron chi connectivity index (χ0n) is 6.23. The van der Waals surface area contributed by atoms with Crippen molar-refractivity contribution < 1.29 is 28.7 Å². The molecule has 0 N–H and O–H groups in total. The molecule has 0 aliphatic heterocycles. The first kappa shape index (κ1) is 10.3. The summed E-state index contributed by atoms with van der Waals surface area (Å²) in [6.45, 7) is 1.47. The fourth-order valence-electron chi connectivity index (χ4n) is 0.347. The van der Waals surface area contributed by atoms with Crippen molar-refractivity contribution in [1.29, 1.82) is 0 Å². The van der Waals surface area contributed by atoms with Crippen molar-refractivity contribution in [2.45, 2.75) is 6.92 Å². The van der Waals surface area contributed by atoms with Gasteiger partial charge in [0.1, 0.15) is 0 Å². The van der Waals surface area contributed by atoms with E-state index in [1.54, 1.807) is 0 Å². The monoisotopic (exact) mass is 174 g/mol. The minimum Gasteiger partial charge on any atom is -0.458 e. The van der Waals surface area contributed by atoms with Gasteiger partial charge in [-0.2, -0.15) is 0 Å². The first-order valence-corrected chi connectivity index (χ1v) is 2.99. The SMILES string of the molecule is CCOC(=O)C(=O)OC(=O)C=O. The van der Waals surface area contributed by atoms with Crippen LogP contribution < -0.4 is 0 Å². The van der Waals surface area contributed by atoms with Crippen molar-refractivity contribution in [2.24, 2.45) is 0 Å². The van der Waals surface area contributed by atoms with Crippen LogP contribution in [-0.2, 0) is 28.7 Å². The van der Waals surface area contributed by atoms with E-state index in [0.717, 1.165) is 0 Å². The van der Waals surface area contributed by atoms with E-state index < -0.39 is 17.9 Å². The molecule has 12 heavy (non-hydrogen) atoms. The van der Waals surface area contributed by atoms with Crippen LogP contribution in [0.2, 0.25) is 0 Å². The normalized spacial score (nSPS) is 8.42. The van der Waals surface area contributed by atoms with Gasteiger partial charge in [-0.1, -0.05) is 0 Å². The summed E-state index contributed by atoms with van der Waals surface area (Å²) in [5, 5.41) is 0. The summed E-state index contributed by atoms with van der Waals surface area (Å²) in [6.07, 6.45) is -0.225. The van der Waals surface area contributed by atoms with E-state index >= 15 is 0 Å². The van der Waals surface area contributed by atoms with Crippen LogP contribution in [0.15, 0.2) is 0 Å². The van der Waals surface area contributed by atoms with Crippen LogP contribution in [0, 0.1) is 0 Å². The Bertz CT molecular complexity index is 218. The lowest BCUT2D eigenvalue weighted by atomic mass is 10.6. The highest BCUT2D eigenvalue weighted by atomic mass is 16.6. The van der Waals surface area contributed by atoms with Gasteiger partial charge in [0, 0.05) is 0 Å². The van der Waals surface area contributed by atoms with Gasteiger partial charge >= 0.3 is 17.9 Å². The molecule has 66 valence electrons. The number of ether oxygens (including phenoxy) is 2.